The molecule has 4 aromatic heterocycles. The number of likely N-dealkylation sites (tertiary alicyclic amines) is 1. The van der Waals surface area contributed by atoms with Gasteiger partial charge in [0, 0.05) is 70.5 Å². The Morgan fingerprint density at radius 1 is 0.919 bits per heavy atom. The number of carbonyl (C=O) groups excluding carboxylic acids is 6. The molecule has 6 aromatic rings. The lowest BCUT2D eigenvalue weighted by Gasteiger charge is -2.20. The number of nitrogens with two attached hydrogens (primary N) is 3. The van der Waals surface area contributed by atoms with Crippen LogP contribution in [0.4, 0.5) is 11.9 Å². The Labute approximate surface area is 430 Å². The number of amides is 6. The highest BCUT2D eigenvalue weighted by Crippen LogP contribution is 2.32. The number of carboxylic acids is 1. The number of hydrogen-bond acceptors (Lipinski definition) is 15. The summed E-state index contributed by atoms with van der Waals surface area (Å²) < 4.78 is 25.1. The van der Waals surface area contributed by atoms with E-state index in [0.29, 0.717) is 58.0 Å². The van der Waals surface area contributed by atoms with E-state index in [4.69, 9.17) is 31.4 Å². The molecular weight excluding hydrogens is 999 g/mol. The number of carbonyl (C=O) groups is 7. The number of rotatable bonds is 24. The lowest BCUT2D eigenvalue weighted by Crippen LogP contribution is -2.37. The van der Waals surface area contributed by atoms with E-state index in [1.807, 2.05) is 19.9 Å². The van der Waals surface area contributed by atoms with E-state index in [1.165, 1.54) is 17.0 Å². The van der Waals surface area contributed by atoms with Crippen molar-refractivity contribution in [2.45, 2.75) is 89.3 Å². The summed E-state index contributed by atoms with van der Waals surface area (Å²) in [5.41, 5.74) is 15.0. The van der Waals surface area contributed by atoms with Crippen molar-refractivity contribution in [2.75, 3.05) is 43.1 Å². The Hall–Kier alpha value is -7.75. The number of benzene rings is 2. The van der Waals surface area contributed by atoms with Crippen LogP contribution in [-0.2, 0) is 56.3 Å². The van der Waals surface area contributed by atoms with Crippen molar-refractivity contribution in [3.05, 3.63) is 83.0 Å². The molecule has 1 saturated heterocycles. The monoisotopic (exact) mass is 1060 g/mol. The predicted octanol–water partition coefficient (Wildman–Crippen LogP) is 2.17. The van der Waals surface area contributed by atoms with Crippen molar-refractivity contribution in [2.24, 2.45) is 16.6 Å². The van der Waals surface area contributed by atoms with Gasteiger partial charge in [-0.1, -0.05) is 12.2 Å². The molecule has 6 amide bonds. The SMILES string of the molecule is CCn1nc(C)cc1C(=O)Nc1nc2cc(S(N)=O)ccc2n1C/C=C/Cn1c(NC(=O)c2cc(C)nn2CC)nc2cc(C(N)=O)cc(OCCCN(C)C(=O)CCN3C(=O)CC(SC[C@H](N)C(=O)O)C3=O)c21. The fourth-order valence-electron chi connectivity index (χ4n) is 8.22. The summed E-state index contributed by atoms with van der Waals surface area (Å²) >= 11 is 0.995. The third kappa shape index (κ3) is 12.2. The quantitative estimate of drug-likeness (QED) is 0.0287. The summed E-state index contributed by atoms with van der Waals surface area (Å²) in [6.07, 6.45) is 3.66. The summed E-state index contributed by atoms with van der Waals surface area (Å²) in [5, 5.41) is 28.6. The van der Waals surface area contributed by atoms with Gasteiger partial charge in [-0.05, 0) is 76.6 Å². The first-order valence-electron chi connectivity index (χ1n) is 23.5. The first-order valence-corrected chi connectivity index (χ1v) is 25.7. The number of aromatic nitrogens is 8. The van der Waals surface area contributed by atoms with Crippen molar-refractivity contribution in [1.29, 1.82) is 0 Å². The third-order valence-corrected chi connectivity index (χ3v) is 14.0. The zero-order valence-corrected chi connectivity index (χ0v) is 42.9. The van der Waals surface area contributed by atoms with Crippen LogP contribution in [0.1, 0.15) is 75.8 Å². The minimum atomic E-state index is -1.79. The zero-order valence-electron chi connectivity index (χ0n) is 41.3. The predicted molar refractivity (Wildman–Crippen MR) is 274 cm³/mol. The van der Waals surface area contributed by atoms with Crippen LogP contribution in [-0.4, -0.2) is 143 Å². The fourth-order valence-corrected chi connectivity index (χ4v) is 9.76. The first-order chi connectivity index (χ1) is 35.3. The highest BCUT2D eigenvalue weighted by Gasteiger charge is 2.39. The third-order valence-electron chi connectivity index (χ3n) is 12.0. The molecule has 1 aliphatic rings. The van der Waals surface area contributed by atoms with Gasteiger partial charge in [0.15, 0.2) is 0 Å². The number of aliphatic carboxylic acids is 1. The van der Waals surface area contributed by atoms with Gasteiger partial charge in [0.25, 0.3) is 11.8 Å². The molecule has 7 rings (SSSR count). The number of fused-ring (bicyclic) bond motifs is 2. The van der Waals surface area contributed by atoms with E-state index in [0.717, 1.165) is 16.7 Å². The lowest BCUT2D eigenvalue weighted by molar-refractivity contribution is -0.140. The molecule has 25 nitrogen and oxygen atoms in total. The van der Waals surface area contributed by atoms with Crippen LogP contribution in [0.25, 0.3) is 22.1 Å². The Morgan fingerprint density at radius 3 is 2.12 bits per heavy atom. The van der Waals surface area contributed by atoms with Crippen LogP contribution < -0.4 is 32.0 Å². The Morgan fingerprint density at radius 2 is 1.53 bits per heavy atom. The van der Waals surface area contributed by atoms with Crippen LogP contribution in [0.5, 0.6) is 5.75 Å². The van der Waals surface area contributed by atoms with E-state index in [2.05, 4.69) is 25.8 Å². The summed E-state index contributed by atoms with van der Waals surface area (Å²) in [6.45, 7) is 8.50. The van der Waals surface area contributed by atoms with Gasteiger partial charge >= 0.3 is 5.97 Å². The second kappa shape index (κ2) is 23.4. The number of anilines is 2. The number of thioether (sulfide) groups is 1. The number of primary amides is 1. The first kappa shape index (κ1) is 54.0. The molecule has 2 aromatic carbocycles. The minimum absolute atomic E-state index is 0.0351. The molecule has 0 radical (unpaired) electrons. The van der Waals surface area contributed by atoms with Crippen LogP contribution in [0.2, 0.25) is 0 Å². The van der Waals surface area contributed by atoms with Crippen LogP contribution in [0, 0.1) is 13.8 Å². The van der Waals surface area contributed by atoms with Gasteiger partial charge in [0.05, 0.1) is 44.7 Å². The van der Waals surface area contributed by atoms with Crippen molar-refractivity contribution in [3.63, 3.8) is 0 Å². The van der Waals surface area contributed by atoms with Crippen LogP contribution in [0.3, 0.4) is 0 Å². The maximum absolute atomic E-state index is 13.9. The molecule has 0 aliphatic carbocycles. The number of ether oxygens (including phenoxy) is 1. The Bertz CT molecular complexity index is 3230. The molecule has 1 fully saturated rings. The smallest absolute Gasteiger partial charge is 0.321 e. The van der Waals surface area contributed by atoms with E-state index in [9.17, 15) is 37.8 Å². The number of nitrogens with one attached hydrogen (secondary N) is 2. The molecule has 0 saturated carbocycles. The van der Waals surface area contributed by atoms with E-state index in [-0.39, 0.29) is 91.7 Å². The van der Waals surface area contributed by atoms with Gasteiger partial charge in [0.1, 0.15) is 39.7 Å². The van der Waals surface area contributed by atoms with Gasteiger partial charge in [-0.2, -0.15) is 10.2 Å². The zero-order chi connectivity index (χ0) is 53.5. The van der Waals surface area contributed by atoms with E-state index >= 15 is 0 Å². The molecule has 74 heavy (non-hydrogen) atoms. The summed E-state index contributed by atoms with van der Waals surface area (Å²) in [5.74, 6) is -3.77. The molecule has 27 heteroatoms. The second-order valence-corrected chi connectivity index (χ2v) is 19.5. The average Bonchev–Trinajstić information content (AvgIpc) is 4.17. The number of carboxylic acid groups (broad SMARTS) is 1. The number of imide groups is 1. The Balaban J connectivity index is 1.12. The van der Waals surface area contributed by atoms with E-state index < -0.39 is 57.8 Å². The average molecular weight is 1060 g/mol. The van der Waals surface area contributed by atoms with Crippen LogP contribution in [0.15, 0.2) is 59.5 Å². The molecule has 0 bridgehead atoms. The molecule has 5 heterocycles. The van der Waals surface area contributed by atoms with Crippen molar-refractivity contribution in [1.82, 2.24) is 48.5 Å². The highest BCUT2D eigenvalue weighted by molar-refractivity contribution is 8.00. The number of aryl methyl sites for hydroxylation is 4. The topological polar surface area (TPSA) is 346 Å². The highest BCUT2D eigenvalue weighted by atomic mass is 32.2. The lowest BCUT2D eigenvalue weighted by atomic mass is 10.1. The molecule has 3 atom stereocenters. The molecular formula is C47H57N15O10S2. The molecule has 0 spiro atoms. The van der Waals surface area contributed by atoms with Crippen molar-refractivity contribution >= 4 is 98.1 Å². The number of hydrogen-bond donors (Lipinski definition) is 6. The normalized spacial score (nSPS) is 14.6. The molecule has 1 aliphatic heterocycles. The van der Waals surface area contributed by atoms with Gasteiger partial charge < -0.3 is 35.3 Å². The van der Waals surface area contributed by atoms with Gasteiger partial charge in [-0.25, -0.2) is 19.3 Å². The standard InChI is InChI=1S/C47H57N15O10S2/c1-6-61-34(19-26(3)55-61)42(66)53-46-51-31-23-29(74(50)71)11-12-33(31)58(46)15-8-9-16-60-40-32(52-47(60)54-43(67)35-20-27(4)56-62(35)7-2)21-28(41(49)65)22-36(40)72-18-10-14-57(5)38(63)13-17-59-39(64)24-37(44(59)68)73-25-30(48)45(69)70/h8-9,11-12,19-23,30,37H,6-7,10,13-18,24-25,48,50H2,1-5H3,(H2,49,65)(H,69,70)(H,51,53,66)(H,52,54,67)/b9-8+/t30-,37?,74?/m0/s1. The van der Waals surface area contributed by atoms with Gasteiger partial charge in [-0.3, -0.25) is 58.5 Å². The maximum Gasteiger partial charge on any atom is 0.321 e. The Kier molecular flexibility index (Phi) is 17.1. The van der Waals surface area contributed by atoms with E-state index in [1.54, 1.807) is 75.8 Å². The second-order valence-electron chi connectivity index (χ2n) is 17.2. The maximum atomic E-state index is 13.9. The van der Waals surface area contributed by atoms with Gasteiger partial charge in [0.2, 0.25) is 35.5 Å². The van der Waals surface area contributed by atoms with Gasteiger partial charge in [-0.15, -0.1) is 11.8 Å². The minimum Gasteiger partial charge on any atom is -0.491 e. The largest absolute Gasteiger partial charge is 0.491 e. The number of allylic oxidation sites excluding steroid dienone is 2. The summed E-state index contributed by atoms with van der Waals surface area (Å²) in [7, 11) is -0.221. The number of imidazole rings is 2. The van der Waals surface area contributed by atoms with Crippen molar-refractivity contribution in [3.8, 4) is 5.75 Å². The molecule has 9 N–H and O–H groups in total. The molecule has 2 unspecified atom stereocenters. The summed E-state index contributed by atoms with van der Waals surface area (Å²) in [6, 6.07) is 9.99. The fraction of sp³-hybridized carbons (Fsp3) is 0.383. The molecule has 392 valence electrons. The summed E-state index contributed by atoms with van der Waals surface area (Å²) in [4.78, 5) is 102. The van der Waals surface area contributed by atoms with Crippen molar-refractivity contribution < 1.29 is 47.6 Å². The number of nitrogens with zero attached hydrogens (tertiary/aromatic N) is 10. The van der Waals surface area contributed by atoms with Crippen LogP contribution >= 0.6 is 11.8 Å².